The first-order valence-electron chi connectivity index (χ1n) is 17.3. The van der Waals surface area contributed by atoms with Gasteiger partial charge in [0.1, 0.15) is 11.2 Å². The van der Waals surface area contributed by atoms with Gasteiger partial charge in [0.05, 0.1) is 22.9 Å². The first-order chi connectivity index (χ1) is 20.5. The highest BCUT2D eigenvalue weighted by molar-refractivity contribution is 5.85. The summed E-state index contributed by atoms with van der Waals surface area (Å²) in [4.78, 5) is 54.3. The van der Waals surface area contributed by atoms with Crippen molar-refractivity contribution in [3.8, 4) is 0 Å². The van der Waals surface area contributed by atoms with Gasteiger partial charge in [-0.2, -0.15) is 0 Å². The Balaban J connectivity index is 1.38. The van der Waals surface area contributed by atoms with Crippen LogP contribution in [0.3, 0.4) is 0 Å². The minimum Gasteiger partial charge on any atom is -0.463 e. The fourth-order valence-corrected chi connectivity index (χ4v) is 10.3. The molecule has 0 spiro atoms. The third kappa shape index (κ3) is 6.42. The van der Waals surface area contributed by atoms with E-state index in [0.29, 0.717) is 24.7 Å². The van der Waals surface area contributed by atoms with Gasteiger partial charge in [-0.15, -0.1) is 0 Å². The largest absolute Gasteiger partial charge is 0.463 e. The van der Waals surface area contributed by atoms with Crippen molar-refractivity contribution in [1.29, 1.82) is 0 Å². The van der Waals surface area contributed by atoms with Crippen LogP contribution in [0.2, 0.25) is 0 Å². The zero-order valence-corrected chi connectivity index (χ0v) is 28.3. The van der Waals surface area contributed by atoms with Crippen LogP contribution < -0.4 is 0 Å². The third-order valence-corrected chi connectivity index (χ3v) is 12.1. The summed E-state index contributed by atoms with van der Waals surface area (Å²) in [6.07, 6.45) is 10.9. The molecule has 0 N–H and O–H groups in total. The standard InChI is InChI=1S/C36H56O8/c1-8-33(6,30(40)44-36-19-24-16-25(20-36)18-32(5,17-24)22-36)23-34(7,29(39)42-26-12-15-41-27(26)37)21-31(3,4)28(38)43-35(9-2)13-10-11-14-35/h24-26H,8-23H2,1-7H3. The van der Waals surface area contributed by atoms with Crippen molar-refractivity contribution in [2.45, 2.75) is 162 Å². The van der Waals surface area contributed by atoms with Gasteiger partial charge in [0, 0.05) is 6.42 Å². The van der Waals surface area contributed by atoms with Crippen molar-refractivity contribution in [1.82, 2.24) is 0 Å². The average molecular weight is 617 g/mol. The third-order valence-electron chi connectivity index (χ3n) is 12.1. The van der Waals surface area contributed by atoms with Gasteiger partial charge in [-0.3, -0.25) is 14.4 Å². The molecule has 1 aliphatic heterocycles. The minimum atomic E-state index is -1.27. The molecular weight excluding hydrogens is 560 g/mol. The highest BCUT2D eigenvalue weighted by Gasteiger charge is 2.59. The second-order valence-electron chi connectivity index (χ2n) is 17.0. The quantitative estimate of drug-likeness (QED) is 0.167. The molecule has 6 fully saturated rings. The summed E-state index contributed by atoms with van der Waals surface area (Å²) < 4.78 is 23.6. The first kappa shape index (κ1) is 33.2. The van der Waals surface area contributed by atoms with Crippen molar-refractivity contribution in [2.75, 3.05) is 6.61 Å². The number of carbonyl (C=O) groups is 4. The van der Waals surface area contributed by atoms with E-state index in [1.165, 1.54) is 19.3 Å². The molecule has 6 rings (SSSR count). The molecule has 0 aromatic heterocycles. The summed E-state index contributed by atoms with van der Waals surface area (Å²) in [6, 6.07) is 0. The fraction of sp³-hybridized carbons (Fsp3) is 0.889. The Morgan fingerprint density at radius 3 is 2.02 bits per heavy atom. The maximum absolute atomic E-state index is 14.3. The van der Waals surface area contributed by atoms with Crippen LogP contribution in [0.5, 0.6) is 0 Å². The summed E-state index contributed by atoms with van der Waals surface area (Å²) in [6.45, 7) is 13.8. The Bertz CT molecular complexity index is 1140. The van der Waals surface area contributed by atoms with Gasteiger partial charge in [-0.1, -0.05) is 20.8 Å². The van der Waals surface area contributed by atoms with Crippen molar-refractivity contribution in [2.24, 2.45) is 33.5 Å². The topological polar surface area (TPSA) is 105 Å². The van der Waals surface area contributed by atoms with Crippen LogP contribution >= 0.6 is 0 Å². The second-order valence-corrected chi connectivity index (χ2v) is 17.0. The molecule has 1 saturated heterocycles. The Morgan fingerprint density at radius 2 is 1.50 bits per heavy atom. The van der Waals surface area contributed by atoms with Crippen molar-refractivity contribution in [3.63, 3.8) is 0 Å². The molecule has 1 heterocycles. The maximum Gasteiger partial charge on any atom is 0.347 e. The van der Waals surface area contributed by atoms with Crippen LogP contribution in [0.15, 0.2) is 0 Å². The van der Waals surface area contributed by atoms with E-state index in [1.807, 2.05) is 13.8 Å². The summed E-state index contributed by atoms with van der Waals surface area (Å²) in [7, 11) is 0. The average Bonchev–Trinajstić information content (AvgIpc) is 3.55. The van der Waals surface area contributed by atoms with Crippen LogP contribution in [0.1, 0.15) is 145 Å². The predicted octanol–water partition coefficient (Wildman–Crippen LogP) is 7.24. The van der Waals surface area contributed by atoms with E-state index < -0.39 is 45.5 Å². The zero-order chi connectivity index (χ0) is 32.2. The van der Waals surface area contributed by atoms with Crippen LogP contribution in [-0.2, 0) is 38.1 Å². The zero-order valence-electron chi connectivity index (χ0n) is 28.3. The Labute approximate surface area is 264 Å². The van der Waals surface area contributed by atoms with E-state index >= 15 is 0 Å². The molecule has 0 aromatic carbocycles. The molecule has 5 atom stereocenters. The van der Waals surface area contributed by atoms with Gasteiger partial charge in [0.15, 0.2) is 0 Å². The molecule has 248 valence electrons. The van der Waals surface area contributed by atoms with Crippen molar-refractivity contribution >= 4 is 23.9 Å². The maximum atomic E-state index is 14.3. The van der Waals surface area contributed by atoms with Gasteiger partial charge in [0.25, 0.3) is 0 Å². The van der Waals surface area contributed by atoms with E-state index in [2.05, 4.69) is 13.8 Å². The van der Waals surface area contributed by atoms with E-state index in [4.69, 9.17) is 18.9 Å². The van der Waals surface area contributed by atoms with E-state index in [0.717, 1.165) is 51.4 Å². The van der Waals surface area contributed by atoms with Gasteiger partial charge in [0.2, 0.25) is 6.10 Å². The van der Waals surface area contributed by atoms with Crippen LogP contribution in [0, 0.1) is 33.5 Å². The smallest absolute Gasteiger partial charge is 0.347 e. The monoisotopic (exact) mass is 616 g/mol. The Kier molecular flexibility index (Phi) is 8.76. The molecule has 0 radical (unpaired) electrons. The van der Waals surface area contributed by atoms with Gasteiger partial charge >= 0.3 is 23.9 Å². The fourth-order valence-electron chi connectivity index (χ4n) is 10.3. The lowest BCUT2D eigenvalue weighted by Gasteiger charge is -2.60. The minimum absolute atomic E-state index is 0.107. The van der Waals surface area contributed by atoms with Crippen molar-refractivity contribution < 1.29 is 38.1 Å². The predicted molar refractivity (Wildman–Crippen MR) is 164 cm³/mol. The lowest BCUT2D eigenvalue weighted by atomic mass is 9.48. The highest BCUT2D eigenvalue weighted by Crippen LogP contribution is 2.63. The van der Waals surface area contributed by atoms with Crippen LogP contribution in [0.4, 0.5) is 0 Å². The summed E-state index contributed by atoms with van der Waals surface area (Å²) >= 11 is 0. The number of hydrogen-bond acceptors (Lipinski definition) is 8. The number of carbonyl (C=O) groups excluding carboxylic acids is 4. The van der Waals surface area contributed by atoms with E-state index in [-0.39, 0.29) is 36.8 Å². The second kappa shape index (κ2) is 11.6. The summed E-state index contributed by atoms with van der Waals surface area (Å²) in [5.74, 6) is -0.566. The lowest BCUT2D eigenvalue weighted by molar-refractivity contribution is -0.210. The Hall–Kier alpha value is -2.12. The number of ether oxygens (including phenoxy) is 4. The summed E-state index contributed by atoms with van der Waals surface area (Å²) in [5, 5.41) is 0. The SMILES string of the molecule is CCC1(OC(=O)C(C)(C)CC(C)(CC(C)(CC)C(=O)OC23CC4CC(CC(C)(C4)C2)C3)C(=O)OC2CCOC2=O)CCCC1. The first-order valence-corrected chi connectivity index (χ1v) is 17.3. The number of cyclic esters (lactones) is 1. The van der Waals surface area contributed by atoms with E-state index in [1.54, 1.807) is 20.8 Å². The van der Waals surface area contributed by atoms with Crippen LogP contribution in [0.25, 0.3) is 0 Å². The molecule has 5 saturated carbocycles. The molecule has 5 aliphatic carbocycles. The van der Waals surface area contributed by atoms with Crippen molar-refractivity contribution in [3.05, 3.63) is 0 Å². The van der Waals surface area contributed by atoms with Gasteiger partial charge in [-0.25, -0.2) is 4.79 Å². The molecule has 0 amide bonds. The van der Waals surface area contributed by atoms with Gasteiger partial charge < -0.3 is 18.9 Å². The highest BCUT2D eigenvalue weighted by atomic mass is 16.6. The molecule has 0 aromatic rings. The number of hydrogen-bond donors (Lipinski definition) is 0. The summed E-state index contributed by atoms with van der Waals surface area (Å²) in [5.41, 5.74) is -3.98. The molecule has 5 unspecified atom stereocenters. The van der Waals surface area contributed by atoms with E-state index in [9.17, 15) is 19.2 Å². The molecule has 44 heavy (non-hydrogen) atoms. The molecule has 8 heteroatoms. The molecule has 6 aliphatic rings. The van der Waals surface area contributed by atoms with Gasteiger partial charge in [-0.05, 0) is 135 Å². The normalized spacial score (nSPS) is 35.0. The lowest BCUT2D eigenvalue weighted by Crippen LogP contribution is -2.57. The number of rotatable bonds is 12. The van der Waals surface area contributed by atoms with Crippen LogP contribution in [-0.4, -0.2) is 47.8 Å². The molecular formula is C36H56O8. The molecule has 4 bridgehead atoms. The number of esters is 4. The molecule has 8 nitrogen and oxygen atoms in total. The Morgan fingerprint density at radius 1 is 0.864 bits per heavy atom.